The number of benzene rings is 2. The van der Waals surface area contributed by atoms with Gasteiger partial charge >= 0.3 is 0 Å². The van der Waals surface area contributed by atoms with Crippen LogP contribution in [-0.2, 0) is 16.1 Å². The van der Waals surface area contributed by atoms with Gasteiger partial charge < -0.3 is 26.2 Å². The molecule has 1 aromatic heterocycles. The number of amides is 2. The van der Waals surface area contributed by atoms with Crippen molar-refractivity contribution in [2.75, 3.05) is 60.1 Å². The molecule has 2 saturated carbocycles. The number of nitrogens with one attached hydrogen (secondary N) is 4. The van der Waals surface area contributed by atoms with Gasteiger partial charge in [-0.25, -0.2) is 4.98 Å². The number of aromatic nitrogens is 2. The van der Waals surface area contributed by atoms with E-state index in [0.717, 1.165) is 75.2 Å². The number of fused-ring (bicyclic) bond motifs is 2. The molecule has 3 atom stereocenters. The number of nitrogens with zero attached hydrogens (tertiary/aromatic N) is 4. The number of halogens is 1. The SMILES string of the molecule is C=CC(=O)Nc1cccc(CNc2nc(Nc3ccc(N4CCN(CCCNC(=O)CC5C[C@@H]6CC[C@H]5C6)CC4)cc3)ncc2Cl)c1. The predicted molar refractivity (Wildman–Crippen MR) is 189 cm³/mol. The summed E-state index contributed by atoms with van der Waals surface area (Å²) < 4.78 is 0. The van der Waals surface area contributed by atoms with Crippen molar-refractivity contribution in [1.82, 2.24) is 20.2 Å². The molecule has 248 valence electrons. The molecule has 2 aromatic carbocycles. The number of piperazine rings is 1. The Balaban J connectivity index is 0.911. The lowest BCUT2D eigenvalue weighted by atomic mass is 9.86. The molecule has 6 rings (SSSR count). The van der Waals surface area contributed by atoms with Crippen LogP contribution >= 0.6 is 11.6 Å². The number of carbonyl (C=O) groups is 2. The van der Waals surface area contributed by atoms with Gasteiger partial charge in [0.1, 0.15) is 5.02 Å². The summed E-state index contributed by atoms with van der Waals surface area (Å²) in [6.07, 6.45) is 9.90. The van der Waals surface area contributed by atoms with Crippen LogP contribution in [0.1, 0.15) is 44.1 Å². The van der Waals surface area contributed by atoms with E-state index in [1.54, 1.807) is 6.20 Å². The van der Waals surface area contributed by atoms with Crippen LogP contribution in [0.25, 0.3) is 0 Å². The maximum Gasteiger partial charge on any atom is 0.247 e. The minimum absolute atomic E-state index is 0.250. The number of rotatable bonds is 14. The van der Waals surface area contributed by atoms with Gasteiger partial charge in [-0.1, -0.05) is 36.7 Å². The van der Waals surface area contributed by atoms with Gasteiger partial charge in [-0.15, -0.1) is 0 Å². The Morgan fingerprint density at radius 1 is 1.02 bits per heavy atom. The molecule has 10 nitrogen and oxygen atoms in total. The average molecular weight is 657 g/mol. The number of hydrogen-bond donors (Lipinski definition) is 4. The normalized spacial score (nSPS) is 20.5. The van der Waals surface area contributed by atoms with Crippen LogP contribution in [-0.4, -0.2) is 66.0 Å². The van der Waals surface area contributed by atoms with Gasteiger partial charge in [-0.2, -0.15) is 4.98 Å². The third-order valence-corrected chi connectivity index (χ3v) is 10.0. The molecular formula is C36H45ClN8O2. The zero-order valence-corrected chi connectivity index (χ0v) is 27.6. The fraction of sp³-hybridized carbons (Fsp3) is 0.444. The predicted octanol–water partition coefficient (Wildman–Crippen LogP) is 6.06. The first-order valence-corrected chi connectivity index (χ1v) is 17.2. The van der Waals surface area contributed by atoms with Crippen molar-refractivity contribution >= 4 is 52.2 Å². The van der Waals surface area contributed by atoms with Crippen molar-refractivity contribution in [2.45, 2.75) is 45.1 Å². The van der Waals surface area contributed by atoms with Crippen molar-refractivity contribution in [3.05, 3.63) is 78.0 Å². The molecule has 3 aromatic rings. The molecule has 2 amide bonds. The zero-order chi connectivity index (χ0) is 32.6. The molecule has 1 aliphatic heterocycles. The summed E-state index contributed by atoms with van der Waals surface area (Å²) in [6.45, 7) is 9.72. The van der Waals surface area contributed by atoms with Gasteiger partial charge in [0, 0.05) is 62.8 Å². The second kappa shape index (κ2) is 15.6. The molecule has 2 bridgehead atoms. The molecule has 0 spiro atoms. The Morgan fingerprint density at radius 2 is 1.85 bits per heavy atom. The van der Waals surface area contributed by atoms with Gasteiger partial charge in [-0.3, -0.25) is 14.5 Å². The summed E-state index contributed by atoms with van der Waals surface area (Å²) >= 11 is 6.38. The lowest BCUT2D eigenvalue weighted by Gasteiger charge is -2.36. The molecular weight excluding hydrogens is 612 g/mol. The smallest absolute Gasteiger partial charge is 0.247 e. The maximum absolute atomic E-state index is 12.4. The molecule has 4 N–H and O–H groups in total. The summed E-state index contributed by atoms with van der Waals surface area (Å²) in [5, 5.41) is 12.9. The number of hydrogen-bond acceptors (Lipinski definition) is 8. The van der Waals surface area contributed by atoms with E-state index in [2.05, 4.69) is 59.7 Å². The quantitative estimate of drug-likeness (QED) is 0.122. The average Bonchev–Trinajstić information content (AvgIpc) is 3.71. The highest BCUT2D eigenvalue weighted by Gasteiger charge is 2.40. The van der Waals surface area contributed by atoms with Gasteiger partial charge in [-0.05, 0) is 98.0 Å². The fourth-order valence-electron chi connectivity index (χ4n) is 7.27. The van der Waals surface area contributed by atoms with E-state index in [9.17, 15) is 9.59 Å². The molecule has 2 aliphatic carbocycles. The molecule has 3 fully saturated rings. The van der Waals surface area contributed by atoms with Crippen molar-refractivity contribution in [2.24, 2.45) is 17.8 Å². The first kappa shape index (κ1) is 32.8. The second-order valence-electron chi connectivity index (χ2n) is 13.0. The highest BCUT2D eigenvalue weighted by atomic mass is 35.5. The maximum atomic E-state index is 12.4. The Morgan fingerprint density at radius 3 is 2.60 bits per heavy atom. The van der Waals surface area contributed by atoms with Crippen LogP contribution in [0.15, 0.2) is 67.4 Å². The van der Waals surface area contributed by atoms with E-state index >= 15 is 0 Å². The summed E-state index contributed by atoms with van der Waals surface area (Å²) in [7, 11) is 0. The summed E-state index contributed by atoms with van der Waals surface area (Å²) in [6, 6.07) is 15.8. The topological polar surface area (TPSA) is 115 Å². The van der Waals surface area contributed by atoms with Crippen LogP contribution in [0.5, 0.6) is 0 Å². The van der Waals surface area contributed by atoms with Gasteiger partial charge in [0.15, 0.2) is 5.82 Å². The Kier molecular flexibility index (Phi) is 10.9. The first-order valence-electron chi connectivity index (χ1n) is 16.8. The molecule has 1 saturated heterocycles. The van der Waals surface area contributed by atoms with Crippen LogP contribution in [0.4, 0.5) is 28.8 Å². The van der Waals surface area contributed by atoms with Crippen LogP contribution in [0.2, 0.25) is 5.02 Å². The van der Waals surface area contributed by atoms with Crippen molar-refractivity contribution in [3.8, 4) is 0 Å². The third kappa shape index (κ3) is 9.02. The van der Waals surface area contributed by atoms with E-state index in [-0.39, 0.29) is 11.8 Å². The summed E-state index contributed by atoms with van der Waals surface area (Å²) in [5.74, 6) is 3.28. The Labute approximate surface area is 282 Å². The number of anilines is 5. The lowest BCUT2D eigenvalue weighted by molar-refractivity contribution is -0.122. The molecule has 3 aliphatic rings. The highest BCUT2D eigenvalue weighted by Crippen LogP contribution is 2.49. The lowest BCUT2D eigenvalue weighted by Crippen LogP contribution is -2.47. The van der Waals surface area contributed by atoms with Crippen molar-refractivity contribution < 1.29 is 9.59 Å². The molecule has 0 radical (unpaired) electrons. The van der Waals surface area contributed by atoms with Crippen LogP contribution in [0, 0.1) is 17.8 Å². The standard InChI is InChI=1S/C36H45ClN8O2/c1-2-33(46)41-30-6-3-5-26(21-30)23-39-35-32(37)24-40-36(43-35)42-29-9-11-31(12-10-29)45-17-15-44(16-18-45)14-4-13-38-34(47)22-28-20-25-7-8-27(28)19-25/h2-3,5-6,9-12,21,24-25,27-28H,1,4,7-8,13-20,22-23H2,(H,38,47)(H,41,46)(H2,39,40,42,43)/t25-,27+,28?/m1/s1. The largest absolute Gasteiger partial charge is 0.369 e. The van der Waals surface area contributed by atoms with Crippen molar-refractivity contribution in [1.29, 1.82) is 0 Å². The van der Waals surface area contributed by atoms with Crippen molar-refractivity contribution in [3.63, 3.8) is 0 Å². The van der Waals surface area contributed by atoms with Crippen LogP contribution in [0.3, 0.4) is 0 Å². The van der Waals surface area contributed by atoms with E-state index in [1.807, 2.05) is 36.4 Å². The second-order valence-corrected chi connectivity index (χ2v) is 13.4. The monoisotopic (exact) mass is 656 g/mol. The minimum Gasteiger partial charge on any atom is -0.369 e. The van der Waals surface area contributed by atoms with Gasteiger partial charge in [0.25, 0.3) is 0 Å². The molecule has 2 heterocycles. The third-order valence-electron chi connectivity index (χ3n) is 9.75. The molecule has 47 heavy (non-hydrogen) atoms. The Hall–Kier alpha value is -4.15. The van der Waals surface area contributed by atoms with Crippen LogP contribution < -0.4 is 26.2 Å². The highest BCUT2D eigenvalue weighted by molar-refractivity contribution is 6.32. The summed E-state index contributed by atoms with van der Waals surface area (Å²) in [4.78, 5) is 37.9. The van der Waals surface area contributed by atoms with E-state index < -0.39 is 0 Å². The number of carbonyl (C=O) groups excluding carboxylic acids is 2. The summed E-state index contributed by atoms with van der Waals surface area (Å²) in [5.41, 5.74) is 3.72. The van der Waals surface area contributed by atoms with E-state index in [1.165, 1.54) is 37.4 Å². The minimum atomic E-state index is -0.259. The van der Waals surface area contributed by atoms with Gasteiger partial charge in [0.05, 0.1) is 6.20 Å². The molecule has 11 heteroatoms. The Bertz CT molecular complexity index is 1540. The van der Waals surface area contributed by atoms with E-state index in [4.69, 9.17) is 11.6 Å². The van der Waals surface area contributed by atoms with E-state index in [0.29, 0.717) is 34.9 Å². The first-order chi connectivity index (χ1) is 22.9. The zero-order valence-electron chi connectivity index (χ0n) is 26.9. The van der Waals surface area contributed by atoms with Gasteiger partial charge in [0.2, 0.25) is 17.8 Å². The fourth-order valence-corrected chi connectivity index (χ4v) is 7.43. The molecule has 1 unspecified atom stereocenters.